The number of anilines is 4. The zero-order valence-electron chi connectivity index (χ0n) is 19.8. The minimum Gasteiger partial charge on any atom is -0.370 e. The third-order valence-corrected chi connectivity index (χ3v) is 7.49. The molecule has 0 spiro atoms. The average Bonchev–Trinajstić information content (AvgIpc) is 3.72. The van der Waals surface area contributed by atoms with Gasteiger partial charge in [-0.15, -0.1) is 0 Å². The first-order valence-corrected chi connectivity index (χ1v) is 13.0. The number of carbonyl (C=O) groups excluding carboxylic acids is 1. The molecule has 8 nitrogen and oxygen atoms in total. The molecular weight excluding hydrogens is 426 g/mol. The Bertz CT molecular complexity index is 1050. The van der Waals surface area contributed by atoms with Crippen molar-refractivity contribution in [2.24, 2.45) is 11.8 Å². The van der Waals surface area contributed by atoms with Crippen LogP contribution >= 0.6 is 0 Å². The number of amides is 1. The second kappa shape index (κ2) is 9.41. The van der Waals surface area contributed by atoms with Gasteiger partial charge in [0, 0.05) is 49.5 Å². The first kappa shape index (κ1) is 21.6. The van der Waals surface area contributed by atoms with Crippen LogP contribution in [0.3, 0.4) is 0 Å². The third-order valence-electron chi connectivity index (χ3n) is 7.49. The number of hydrogen-bond acceptors (Lipinski definition) is 7. The van der Waals surface area contributed by atoms with E-state index in [0.717, 1.165) is 56.3 Å². The predicted octanol–water partition coefficient (Wildman–Crippen LogP) is 4.05. The monoisotopic (exact) mass is 461 g/mol. The zero-order valence-corrected chi connectivity index (χ0v) is 19.8. The molecule has 1 aliphatic heterocycles. The first-order chi connectivity index (χ1) is 16.7. The molecular formula is C26H35N7O. The summed E-state index contributed by atoms with van der Waals surface area (Å²) in [5, 5.41) is 12.3. The van der Waals surface area contributed by atoms with Crippen LogP contribution in [0.5, 0.6) is 0 Å². The average molecular weight is 462 g/mol. The van der Waals surface area contributed by atoms with Gasteiger partial charge in [-0.25, -0.2) is 10.4 Å². The Kier molecular flexibility index (Phi) is 5.99. The molecule has 4 aliphatic rings. The Morgan fingerprint density at radius 3 is 2.76 bits per heavy atom. The van der Waals surface area contributed by atoms with Crippen molar-refractivity contribution in [3.05, 3.63) is 35.5 Å². The molecule has 6 rings (SSSR count). The van der Waals surface area contributed by atoms with Crippen LogP contribution in [0.2, 0.25) is 0 Å². The van der Waals surface area contributed by atoms with Crippen molar-refractivity contribution in [3.8, 4) is 0 Å². The molecule has 0 radical (unpaired) electrons. The second-order valence-electron chi connectivity index (χ2n) is 10.3. The van der Waals surface area contributed by atoms with Gasteiger partial charge in [0.1, 0.15) is 5.82 Å². The van der Waals surface area contributed by atoms with Crippen molar-refractivity contribution in [1.82, 2.24) is 20.7 Å². The van der Waals surface area contributed by atoms with E-state index in [9.17, 15) is 4.79 Å². The highest BCUT2D eigenvalue weighted by molar-refractivity contribution is 5.79. The zero-order chi connectivity index (χ0) is 22.9. The van der Waals surface area contributed by atoms with Gasteiger partial charge in [-0.3, -0.25) is 4.79 Å². The van der Waals surface area contributed by atoms with Crippen molar-refractivity contribution >= 4 is 29.0 Å². The number of hydrogen-bond donors (Lipinski definition) is 4. The second-order valence-corrected chi connectivity index (χ2v) is 10.3. The van der Waals surface area contributed by atoms with Crippen molar-refractivity contribution in [1.29, 1.82) is 0 Å². The van der Waals surface area contributed by atoms with Crippen molar-refractivity contribution in [3.63, 3.8) is 0 Å². The topological polar surface area (TPSA) is 94.2 Å². The lowest BCUT2D eigenvalue weighted by Gasteiger charge is -2.24. The van der Waals surface area contributed by atoms with E-state index in [1.54, 1.807) is 0 Å². The van der Waals surface area contributed by atoms with E-state index in [-0.39, 0.29) is 11.8 Å². The Balaban J connectivity index is 1.08. The number of nitrogens with zero attached hydrogens (tertiary/aromatic N) is 3. The Morgan fingerprint density at radius 2 is 2.00 bits per heavy atom. The molecule has 2 aromatic rings. The first-order valence-electron chi connectivity index (χ1n) is 13.0. The van der Waals surface area contributed by atoms with Crippen molar-refractivity contribution < 1.29 is 4.79 Å². The standard InChI is InChI=1S/C26H35N7O/c34-25(19-3-1-4-19)28-12-2-11-27-24-22(18-7-8-18)15-29-26(32-24)31-21-10-9-20-14-30-33(23(20)13-21)16-17-5-6-17/h9-10,13,15,17-19,30H,1-8,11-12,14,16H2,(H,28,34)(H2,27,29,31,32). The number of carbonyl (C=O) groups is 1. The molecule has 3 saturated carbocycles. The van der Waals surface area contributed by atoms with Gasteiger partial charge in [0.25, 0.3) is 0 Å². The van der Waals surface area contributed by atoms with Gasteiger partial charge in [-0.2, -0.15) is 4.98 Å². The molecule has 180 valence electrons. The fraction of sp³-hybridized carbons (Fsp3) is 0.577. The lowest BCUT2D eigenvalue weighted by Crippen LogP contribution is -2.35. The Labute approximate surface area is 201 Å². The highest BCUT2D eigenvalue weighted by Gasteiger charge is 2.29. The van der Waals surface area contributed by atoms with E-state index in [4.69, 9.17) is 4.98 Å². The number of nitrogens with one attached hydrogen (secondary N) is 4. The normalized spacial score (nSPS) is 19.5. The molecule has 34 heavy (non-hydrogen) atoms. The third kappa shape index (κ3) is 4.97. The quantitative estimate of drug-likeness (QED) is 0.375. The summed E-state index contributed by atoms with van der Waals surface area (Å²) in [6.07, 6.45) is 11.2. The van der Waals surface area contributed by atoms with E-state index in [0.29, 0.717) is 18.4 Å². The van der Waals surface area contributed by atoms with Crippen molar-refractivity contribution in [2.75, 3.05) is 35.3 Å². The fourth-order valence-electron chi connectivity index (χ4n) is 4.77. The molecule has 3 aliphatic carbocycles. The predicted molar refractivity (Wildman–Crippen MR) is 134 cm³/mol. The maximum Gasteiger partial charge on any atom is 0.229 e. The molecule has 0 saturated heterocycles. The summed E-state index contributed by atoms with van der Waals surface area (Å²) < 4.78 is 0. The van der Waals surface area contributed by atoms with Crippen LogP contribution in [0.4, 0.5) is 23.1 Å². The van der Waals surface area contributed by atoms with Gasteiger partial charge in [0.15, 0.2) is 0 Å². The van der Waals surface area contributed by atoms with E-state index in [1.807, 2.05) is 6.20 Å². The van der Waals surface area contributed by atoms with Crippen LogP contribution in [0.25, 0.3) is 0 Å². The summed E-state index contributed by atoms with van der Waals surface area (Å²) in [7, 11) is 0. The summed E-state index contributed by atoms with van der Waals surface area (Å²) in [6, 6.07) is 6.50. The van der Waals surface area contributed by atoms with E-state index in [2.05, 4.69) is 49.6 Å². The van der Waals surface area contributed by atoms with E-state index < -0.39 is 0 Å². The number of fused-ring (bicyclic) bond motifs is 1. The summed E-state index contributed by atoms with van der Waals surface area (Å²) in [5.74, 6) is 3.40. The molecule has 0 bridgehead atoms. The van der Waals surface area contributed by atoms with E-state index >= 15 is 0 Å². The van der Waals surface area contributed by atoms with Gasteiger partial charge >= 0.3 is 0 Å². The fourth-order valence-corrected chi connectivity index (χ4v) is 4.77. The highest BCUT2D eigenvalue weighted by atomic mass is 16.1. The molecule has 1 aromatic heterocycles. The van der Waals surface area contributed by atoms with Crippen molar-refractivity contribution in [2.45, 2.75) is 63.8 Å². The largest absolute Gasteiger partial charge is 0.370 e. The van der Waals surface area contributed by atoms with Gasteiger partial charge in [-0.05, 0) is 74.5 Å². The van der Waals surface area contributed by atoms with Crippen LogP contribution < -0.4 is 26.4 Å². The SMILES string of the molecule is O=C(NCCCNc1nc(Nc2ccc3c(c2)N(CC2CC2)NC3)ncc1C1CC1)C1CCC1. The van der Waals surface area contributed by atoms with Gasteiger partial charge < -0.3 is 21.0 Å². The molecule has 1 aromatic carbocycles. The molecule has 0 unspecified atom stereocenters. The van der Waals surface area contributed by atoms with Gasteiger partial charge in [0.05, 0.1) is 5.69 Å². The van der Waals surface area contributed by atoms with E-state index in [1.165, 1.54) is 48.9 Å². The van der Waals surface area contributed by atoms with Crippen LogP contribution in [-0.4, -0.2) is 35.5 Å². The number of hydrazine groups is 1. The van der Waals surface area contributed by atoms with Gasteiger partial charge in [-0.1, -0.05) is 12.5 Å². The molecule has 2 heterocycles. The molecule has 8 heteroatoms. The minimum absolute atomic E-state index is 0.221. The lowest BCUT2D eigenvalue weighted by molar-refractivity contribution is -0.127. The summed E-state index contributed by atoms with van der Waals surface area (Å²) in [5.41, 5.74) is 8.32. The summed E-state index contributed by atoms with van der Waals surface area (Å²) >= 11 is 0. The Morgan fingerprint density at radius 1 is 1.12 bits per heavy atom. The molecule has 1 amide bonds. The van der Waals surface area contributed by atoms with Crippen LogP contribution in [0.1, 0.15) is 68.4 Å². The maximum atomic E-state index is 12.0. The summed E-state index contributed by atoms with van der Waals surface area (Å²) in [4.78, 5) is 21.5. The molecule has 4 N–H and O–H groups in total. The maximum absolute atomic E-state index is 12.0. The lowest BCUT2D eigenvalue weighted by atomic mass is 9.85. The van der Waals surface area contributed by atoms with Crippen LogP contribution in [-0.2, 0) is 11.3 Å². The highest BCUT2D eigenvalue weighted by Crippen LogP contribution is 2.43. The van der Waals surface area contributed by atoms with Gasteiger partial charge in [0.2, 0.25) is 11.9 Å². The summed E-state index contributed by atoms with van der Waals surface area (Å²) in [6.45, 7) is 3.46. The number of benzene rings is 1. The minimum atomic E-state index is 0.221. The Hall–Kier alpha value is -2.87. The van der Waals surface area contributed by atoms with Crippen LogP contribution in [0, 0.1) is 11.8 Å². The number of aromatic nitrogens is 2. The van der Waals surface area contributed by atoms with Crippen LogP contribution in [0.15, 0.2) is 24.4 Å². The number of rotatable bonds is 11. The molecule has 0 atom stereocenters. The smallest absolute Gasteiger partial charge is 0.229 e. The molecule has 3 fully saturated rings.